The molecule has 3 heteroatoms. The van der Waals surface area contributed by atoms with Crippen molar-refractivity contribution >= 4 is 5.82 Å². The summed E-state index contributed by atoms with van der Waals surface area (Å²) >= 11 is 0. The highest BCUT2D eigenvalue weighted by Crippen LogP contribution is 2.18. The summed E-state index contributed by atoms with van der Waals surface area (Å²) < 4.78 is 0. The number of anilines is 1. The summed E-state index contributed by atoms with van der Waals surface area (Å²) in [6.07, 6.45) is 4.25. The van der Waals surface area contributed by atoms with E-state index in [1.54, 1.807) is 0 Å². The highest BCUT2D eigenvalue weighted by Gasteiger charge is 2.09. The Morgan fingerprint density at radius 3 is 2.67 bits per heavy atom. The van der Waals surface area contributed by atoms with Crippen molar-refractivity contribution in [3.63, 3.8) is 0 Å². The van der Waals surface area contributed by atoms with Gasteiger partial charge in [0.15, 0.2) is 0 Å². The minimum absolute atomic E-state index is 0.395. The SMILES string of the molecule is CCCNC(C)c1ccnc(N(CC)CCC)c1. The van der Waals surface area contributed by atoms with Gasteiger partial charge in [-0.25, -0.2) is 4.98 Å². The molecule has 1 atom stereocenters. The molecule has 0 aliphatic rings. The van der Waals surface area contributed by atoms with Crippen LogP contribution in [0, 0.1) is 0 Å². The van der Waals surface area contributed by atoms with Crippen molar-refractivity contribution in [3.8, 4) is 0 Å². The molecule has 0 saturated carbocycles. The summed E-state index contributed by atoms with van der Waals surface area (Å²) in [5.74, 6) is 1.10. The first-order valence-electron chi connectivity index (χ1n) is 7.17. The lowest BCUT2D eigenvalue weighted by Gasteiger charge is -2.22. The van der Waals surface area contributed by atoms with Gasteiger partial charge in [-0.1, -0.05) is 13.8 Å². The smallest absolute Gasteiger partial charge is 0.128 e. The molecule has 18 heavy (non-hydrogen) atoms. The summed E-state index contributed by atoms with van der Waals surface area (Å²) in [6.45, 7) is 11.9. The van der Waals surface area contributed by atoms with E-state index in [1.807, 2.05) is 6.20 Å². The Kier molecular flexibility index (Phi) is 6.73. The summed E-state index contributed by atoms with van der Waals surface area (Å²) in [4.78, 5) is 6.82. The van der Waals surface area contributed by atoms with Crippen molar-refractivity contribution in [2.24, 2.45) is 0 Å². The zero-order valence-corrected chi connectivity index (χ0v) is 12.2. The zero-order valence-electron chi connectivity index (χ0n) is 12.2. The summed E-state index contributed by atoms with van der Waals surface area (Å²) in [5, 5.41) is 3.52. The molecule has 0 aromatic carbocycles. The van der Waals surface area contributed by atoms with Gasteiger partial charge in [-0.05, 0) is 50.9 Å². The average Bonchev–Trinajstić information content (AvgIpc) is 2.42. The third-order valence-electron chi connectivity index (χ3n) is 3.17. The molecule has 1 rings (SSSR count). The molecular weight excluding hydrogens is 222 g/mol. The Labute approximate surface area is 112 Å². The van der Waals surface area contributed by atoms with Crippen LogP contribution in [-0.4, -0.2) is 24.6 Å². The van der Waals surface area contributed by atoms with Crippen LogP contribution in [0.2, 0.25) is 0 Å². The van der Waals surface area contributed by atoms with Crippen LogP contribution in [0.5, 0.6) is 0 Å². The van der Waals surface area contributed by atoms with Gasteiger partial charge in [0.1, 0.15) is 5.82 Å². The first kappa shape index (κ1) is 15.0. The molecule has 0 saturated heterocycles. The maximum absolute atomic E-state index is 4.49. The quantitative estimate of drug-likeness (QED) is 0.765. The van der Waals surface area contributed by atoms with Crippen molar-refractivity contribution in [2.45, 2.75) is 46.6 Å². The number of aromatic nitrogens is 1. The topological polar surface area (TPSA) is 28.2 Å². The standard InChI is InChI=1S/C15H27N3/c1-5-9-16-13(4)14-8-10-17-15(12-14)18(7-3)11-6-2/h8,10,12-13,16H,5-7,9,11H2,1-4H3. The first-order valence-corrected chi connectivity index (χ1v) is 7.17. The van der Waals surface area contributed by atoms with Crippen molar-refractivity contribution in [1.82, 2.24) is 10.3 Å². The molecule has 0 aliphatic carbocycles. The normalized spacial score (nSPS) is 12.4. The molecule has 0 spiro atoms. The van der Waals surface area contributed by atoms with E-state index in [0.29, 0.717) is 6.04 Å². The second-order valence-electron chi connectivity index (χ2n) is 4.70. The largest absolute Gasteiger partial charge is 0.357 e. The van der Waals surface area contributed by atoms with Crippen LogP contribution in [0.15, 0.2) is 18.3 Å². The van der Waals surface area contributed by atoms with Crippen molar-refractivity contribution in [3.05, 3.63) is 23.9 Å². The minimum Gasteiger partial charge on any atom is -0.357 e. The van der Waals surface area contributed by atoms with Crippen LogP contribution in [0.3, 0.4) is 0 Å². The molecule has 1 aromatic heterocycles. The lowest BCUT2D eigenvalue weighted by molar-refractivity contribution is 0.570. The summed E-state index contributed by atoms with van der Waals surface area (Å²) in [7, 11) is 0. The highest BCUT2D eigenvalue weighted by molar-refractivity contribution is 5.41. The second-order valence-corrected chi connectivity index (χ2v) is 4.70. The highest BCUT2D eigenvalue weighted by atomic mass is 15.2. The predicted octanol–water partition coefficient (Wildman–Crippen LogP) is 3.38. The molecule has 1 aromatic rings. The number of pyridine rings is 1. The van der Waals surface area contributed by atoms with E-state index >= 15 is 0 Å². The van der Waals surface area contributed by atoms with E-state index in [-0.39, 0.29) is 0 Å². The Bertz CT molecular complexity index is 338. The molecule has 0 amide bonds. The monoisotopic (exact) mass is 249 g/mol. The van der Waals surface area contributed by atoms with Crippen LogP contribution in [0.4, 0.5) is 5.82 Å². The number of nitrogens with zero attached hydrogens (tertiary/aromatic N) is 2. The third kappa shape index (κ3) is 4.30. The number of nitrogens with one attached hydrogen (secondary N) is 1. The lowest BCUT2D eigenvalue weighted by atomic mass is 10.1. The molecule has 1 unspecified atom stereocenters. The van der Waals surface area contributed by atoms with Crippen molar-refractivity contribution in [2.75, 3.05) is 24.5 Å². The van der Waals surface area contributed by atoms with Crippen molar-refractivity contribution in [1.29, 1.82) is 0 Å². The molecule has 0 fully saturated rings. The summed E-state index contributed by atoms with van der Waals surface area (Å²) in [5.41, 5.74) is 1.32. The maximum atomic E-state index is 4.49. The van der Waals surface area contributed by atoms with E-state index in [1.165, 1.54) is 12.0 Å². The Hall–Kier alpha value is -1.09. The van der Waals surface area contributed by atoms with Gasteiger partial charge in [-0.3, -0.25) is 0 Å². The first-order chi connectivity index (χ1) is 8.72. The van der Waals surface area contributed by atoms with Gasteiger partial charge in [0.2, 0.25) is 0 Å². The Balaban J connectivity index is 2.77. The maximum Gasteiger partial charge on any atom is 0.128 e. The van der Waals surface area contributed by atoms with Gasteiger partial charge < -0.3 is 10.2 Å². The van der Waals surface area contributed by atoms with Gasteiger partial charge in [-0.15, -0.1) is 0 Å². The van der Waals surface area contributed by atoms with E-state index in [2.05, 4.69) is 55.0 Å². The van der Waals surface area contributed by atoms with E-state index in [9.17, 15) is 0 Å². The van der Waals surface area contributed by atoms with Crippen LogP contribution < -0.4 is 10.2 Å². The minimum atomic E-state index is 0.395. The van der Waals surface area contributed by atoms with Crippen molar-refractivity contribution < 1.29 is 0 Å². The molecular formula is C15H27N3. The lowest BCUT2D eigenvalue weighted by Crippen LogP contribution is -2.25. The van der Waals surface area contributed by atoms with E-state index < -0.39 is 0 Å². The average molecular weight is 249 g/mol. The Morgan fingerprint density at radius 2 is 2.06 bits per heavy atom. The summed E-state index contributed by atoms with van der Waals surface area (Å²) in [6, 6.07) is 4.72. The van der Waals surface area contributed by atoms with Crippen LogP contribution in [0.25, 0.3) is 0 Å². The predicted molar refractivity (Wildman–Crippen MR) is 79.1 cm³/mol. The van der Waals surface area contributed by atoms with Gasteiger partial charge in [0.25, 0.3) is 0 Å². The number of hydrogen-bond donors (Lipinski definition) is 1. The van der Waals surface area contributed by atoms with Gasteiger partial charge >= 0.3 is 0 Å². The van der Waals surface area contributed by atoms with Gasteiger partial charge in [0, 0.05) is 25.3 Å². The fourth-order valence-corrected chi connectivity index (χ4v) is 2.06. The van der Waals surface area contributed by atoms with Crippen LogP contribution in [-0.2, 0) is 0 Å². The van der Waals surface area contributed by atoms with Crippen LogP contribution in [0.1, 0.15) is 52.1 Å². The van der Waals surface area contributed by atoms with Crippen LogP contribution >= 0.6 is 0 Å². The molecule has 3 nitrogen and oxygen atoms in total. The molecule has 1 heterocycles. The number of rotatable bonds is 8. The molecule has 0 aliphatic heterocycles. The molecule has 1 N–H and O–H groups in total. The third-order valence-corrected chi connectivity index (χ3v) is 3.17. The van der Waals surface area contributed by atoms with Gasteiger partial charge in [0.05, 0.1) is 0 Å². The zero-order chi connectivity index (χ0) is 13.4. The van der Waals surface area contributed by atoms with E-state index in [4.69, 9.17) is 0 Å². The fourth-order valence-electron chi connectivity index (χ4n) is 2.06. The van der Waals surface area contributed by atoms with Gasteiger partial charge in [-0.2, -0.15) is 0 Å². The Morgan fingerprint density at radius 1 is 1.28 bits per heavy atom. The number of hydrogen-bond acceptors (Lipinski definition) is 3. The molecule has 0 radical (unpaired) electrons. The second kappa shape index (κ2) is 8.09. The fraction of sp³-hybridized carbons (Fsp3) is 0.667. The molecule has 0 bridgehead atoms. The molecule has 102 valence electrons. The van der Waals surface area contributed by atoms with E-state index in [0.717, 1.165) is 31.9 Å².